The lowest BCUT2D eigenvalue weighted by molar-refractivity contribution is 0.0945. The van der Waals surface area contributed by atoms with Crippen LogP contribution in [0.25, 0.3) is 11.0 Å². The van der Waals surface area contributed by atoms with E-state index >= 15 is 0 Å². The van der Waals surface area contributed by atoms with E-state index in [1.165, 1.54) is 11.3 Å². The number of thiazole rings is 1. The number of hydrogen-bond acceptors (Lipinski definition) is 6. The van der Waals surface area contributed by atoms with Crippen molar-refractivity contribution < 1.29 is 4.79 Å². The molecule has 27 heavy (non-hydrogen) atoms. The first kappa shape index (κ1) is 17.4. The molecule has 0 fully saturated rings. The van der Waals surface area contributed by atoms with E-state index in [-0.39, 0.29) is 5.91 Å². The second-order valence-electron chi connectivity index (χ2n) is 5.97. The number of imidazole rings is 2. The molecule has 4 N–H and O–H groups in total. The number of benzene rings is 1. The molecule has 1 aromatic carbocycles. The maximum absolute atomic E-state index is 12.1. The van der Waals surface area contributed by atoms with Crippen molar-refractivity contribution in [3.05, 3.63) is 64.4 Å². The summed E-state index contributed by atoms with van der Waals surface area (Å²) < 4.78 is 0. The lowest BCUT2D eigenvalue weighted by Crippen LogP contribution is -2.23. The molecular formula is C18H19N7OS. The predicted molar refractivity (Wildman–Crippen MR) is 103 cm³/mol. The van der Waals surface area contributed by atoms with Crippen LogP contribution in [0.15, 0.2) is 42.0 Å². The highest BCUT2D eigenvalue weighted by Crippen LogP contribution is 2.11. The molecule has 0 aliphatic rings. The van der Waals surface area contributed by atoms with E-state index in [9.17, 15) is 4.79 Å². The number of rotatable bonds is 8. The van der Waals surface area contributed by atoms with E-state index in [2.05, 4.69) is 35.6 Å². The number of carbonyl (C=O) groups excluding carboxylic acids is 1. The standard InChI is InChI=1S/C18H19N7OS/c26-18(22-10-15-20-7-8-21-15)14-11-27-17(25-14)5-6-19-9-16-23-12-3-1-2-4-13(12)24-16/h1-4,7-8,11,19H,5-6,9-10H2,(H,20,21)(H,22,26)(H,23,24). The number of para-hydroxylation sites is 2. The van der Waals surface area contributed by atoms with Gasteiger partial charge < -0.3 is 20.6 Å². The Hall–Kier alpha value is -3.04. The van der Waals surface area contributed by atoms with Crippen molar-refractivity contribution in [1.82, 2.24) is 35.6 Å². The number of aromatic nitrogens is 5. The van der Waals surface area contributed by atoms with Gasteiger partial charge in [-0.3, -0.25) is 4.79 Å². The van der Waals surface area contributed by atoms with Crippen LogP contribution < -0.4 is 10.6 Å². The molecule has 8 nitrogen and oxygen atoms in total. The molecule has 0 aliphatic heterocycles. The number of hydrogen-bond donors (Lipinski definition) is 4. The summed E-state index contributed by atoms with van der Waals surface area (Å²) in [6.07, 6.45) is 4.14. The van der Waals surface area contributed by atoms with Crippen molar-refractivity contribution >= 4 is 28.3 Å². The van der Waals surface area contributed by atoms with Gasteiger partial charge in [-0.1, -0.05) is 12.1 Å². The lowest BCUT2D eigenvalue weighted by atomic mass is 10.3. The van der Waals surface area contributed by atoms with Gasteiger partial charge in [0.2, 0.25) is 0 Å². The minimum absolute atomic E-state index is 0.191. The maximum Gasteiger partial charge on any atom is 0.271 e. The summed E-state index contributed by atoms with van der Waals surface area (Å²) in [5.74, 6) is 1.44. The molecule has 0 spiro atoms. The van der Waals surface area contributed by atoms with Gasteiger partial charge in [-0.2, -0.15) is 0 Å². The van der Waals surface area contributed by atoms with Crippen molar-refractivity contribution in [3.8, 4) is 0 Å². The molecule has 9 heteroatoms. The molecule has 0 atom stereocenters. The third-order valence-electron chi connectivity index (χ3n) is 4.00. The van der Waals surface area contributed by atoms with E-state index in [1.807, 2.05) is 24.3 Å². The molecule has 0 aliphatic carbocycles. The fraction of sp³-hybridized carbons (Fsp3) is 0.222. The molecule has 3 heterocycles. The molecule has 0 saturated heterocycles. The van der Waals surface area contributed by atoms with Crippen molar-refractivity contribution in [2.45, 2.75) is 19.5 Å². The zero-order valence-electron chi connectivity index (χ0n) is 14.5. The highest BCUT2D eigenvalue weighted by atomic mass is 32.1. The second-order valence-corrected chi connectivity index (χ2v) is 6.92. The minimum atomic E-state index is -0.191. The Morgan fingerprint density at radius 1 is 1.15 bits per heavy atom. The van der Waals surface area contributed by atoms with Crippen LogP contribution in [0.4, 0.5) is 0 Å². The van der Waals surface area contributed by atoms with Gasteiger partial charge in [-0.25, -0.2) is 15.0 Å². The molecule has 3 aromatic heterocycles. The van der Waals surface area contributed by atoms with Gasteiger partial charge in [0.15, 0.2) is 0 Å². The summed E-state index contributed by atoms with van der Waals surface area (Å²) in [6, 6.07) is 7.97. The summed E-state index contributed by atoms with van der Waals surface area (Å²) in [5, 5.41) is 8.86. The SMILES string of the molecule is O=C(NCc1ncc[nH]1)c1csc(CCNCc2nc3ccccc3[nH]2)n1. The molecule has 1 amide bonds. The van der Waals surface area contributed by atoms with Crippen LogP contribution in [0.5, 0.6) is 0 Å². The van der Waals surface area contributed by atoms with E-state index < -0.39 is 0 Å². The third-order valence-corrected chi connectivity index (χ3v) is 4.91. The molecular weight excluding hydrogens is 362 g/mol. The van der Waals surface area contributed by atoms with Crippen molar-refractivity contribution in [2.75, 3.05) is 6.54 Å². The molecule has 4 rings (SSSR count). The average Bonchev–Trinajstić information content (AvgIpc) is 3.43. The highest BCUT2D eigenvalue weighted by Gasteiger charge is 2.11. The normalized spacial score (nSPS) is 11.1. The molecule has 4 aromatic rings. The number of aromatic amines is 2. The second kappa shape index (κ2) is 8.11. The maximum atomic E-state index is 12.1. The van der Waals surface area contributed by atoms with Crippen LogP contribution in [0, 0.1) is 0 Å². The first-order valence-corrected chi connectivity index (χ1v) is 9.51. The van der Waals surface area contributed by atoms with E-state index in [0.29, 0.717) is 24.6 Å². The number of H-pyrrole nitrogens is 2. The Labute approximate surface area is 159 Å². The summed E-state index contributed by atoms with van der Waals surface area (Å²) in [6.45, 7) is 1.78. The fourth-order valence-corrected chi connectivity index (χ4v) is 3.45. The van der Waals surface area contributed by atoms with Crippen LogP contribution in [-0.2, 0) is 19.5 Å². The van der Waals surface area contributed by atoms with Gasteiger partial charge in [0.05, 0.1) is 29.1 Å². The quantitative estimate of drug-likeness (QED) is 0.349. The van der Waals surface area contributed by atoms with E-state index in [1.54, 1.807) is 17.8 Å². The Kier molecular flexibility index (Phi) is 5.22. The predicted octanol–water partition coefficient (Wildman–Crippen LogP) is 2.00. The van der Waals surface area contributed by atoms with Crippen LogP contribution in [-0.4, -0.2) is 37.4 Å². The molecule has 0 unspecified atom stereocenters. The average molecular weight is 381 g/mol. The van der Waals surface area contributed by atoms with Gasteiger partial charge in [-0.05, 0) is 12.1 Å². The zero-order valence-corrected chi connectivity index (χ0v) is 15.3. The topological polar surface area (TPSA) is 111 Å². The first-order valence-electron chi connectivity index (χ1n) is 8.63. The minimum Gasteiger partial charge on any atom is -0.347 e. The van der Waals surface area contributed by atoms with Crippen LogP contribution in [0.1, 0.15) is 27.1 Å². The Morgan fingerprint density at radius 2 is 2.07 bits per heavy atom. The summed E-state index contributed by atoms with van der Waals surface area (Å²) >= 11 is 1.49. The molecule has 138 valence electrons. The van der Waals surface area contributed by atoms with Gasteiger partial charge in [0.25, 0.3) is 5.91 Å². The van der Waals surface area contributed by atoms with Gasteiger partial charge in [-0.15, -0.1) is 11.3 Å². The monoisotopic (exact) mass is 381 g/mol. The Bertz CT molecular complexity index is 988. The van der Waals surface area contributed by atoms with Crippen LogP contribution in [0.2, 0.25) is 0 Å². The number of amides is 1. The van der Waals surface area contributed by atoms with Gasteiger partial charge in [0, 0.05) is 30.7 Å². The van der Waals surface area contributed by atoms with Gasteiger partial charge >= 0.3 is 0 Å². The number of nitrogens with one attached hydrogen (secondary N) is 4. The van der Waals surface area contributed by atoms with Gasteiger partial charge in [0.1, 0.15) is 17.3 Å². The summed E-state index contributed by atoms with van der Waals surface area (Å²) in [7, 11) is 0. The highest BCUT2D eigenvalue weighted by molar-refractivity contribution is 7.09. The smallest absolute Gasteiger partial charge is 0.271 e. The number of fused-ring (bicyclic) bond motifs is 1. The van der Waals surface area contributed by atoms with Crippen molar-refractivity contribution in [1.29, 1.82) is 0 Å². The van der Waals surface area contributed by atoms with Crippen molar-refractivity contribution in [2.24, 2.45) is 0 Å². The van der Waals surface area contributed by atoms with E-state index in [0.717, 1.165) is 34.8 Å². The Balaban J connectivity index is 1.22. The van der Waals surface area contributed by atoms with Crippen LogP contribution in [0.3, 0.4) is 0 Å². The molecule has 0 saturated carbocycles. The third kappa shape index (κ3) is 4.39. The Morgan fingerprint density at radius 3 is 2.93 bits per heavy atom. The molecule has 0 radical (unpaired) electrons. The summed E-state index contributed by atoms with van der Waals surface area (Å²) in [5.41, 5.74) is 2.46. The van der Waals surface area contributed by atoms with Crippen LogP contribution >= 0.6 is 11.3 Å². The molecule has 0 bridgehead atoms. The number of nitrogens with zero attached hydrogens (tertiary/aromatic N) is 3. The van der Waals surface area contributed by atoms with Crippen molar-refractivity contribution in [3.63, 3.8) is 0 Å². The zero-order chi connectivity index (χ0) is 18.5. The lowest BCUT2D eigenvalue weighted by Gasteiger charge is -2.01. The fourth-order valence-electron chi connectivity index (χ4n) is 2.67. The number of carbonyl (C=O) groups is 1. The largest absolute Gasteiger partial charge is 0.347 e. The summed E-state index contributed by atoms with van der Waals surface area (Å²) in [4.78, 5) is 31.4. The first-order chi connectivity index (χ1) is 13.3. The van der Waals surface area contributed by atoms with E-state index in [4.69, 9.17) is 0 Å².